The first kappa shape index (κ1) is 18.0. The number of aromatic nitrogens is 3. The molecule has 7 heteroatoms. The Kier molecular flexibility index (Phi) is 7.11. The summed E-state index contributed by atoms with van der Waals surface area (Å²) < 4.78 is 2.02. The van der Waals surface area contributed by atoms with Crippen LogP contribution in [0.3, 0.4) is 0 Å². The molecule has 0 fully saturated rings. The van der Waals surface area contributed by atoms with Crippen LogP contribution in [0.1, 0.15) is 38.5 Å². The van der Waals surface area contributed by atoms with Crippen LogP contribution in [0.15, 0.2) is 29.0 Å². The SMILES string of the molecule is CCCC(C)NC(=O)C(C)Sc1nncn1CCc1cccs1. The molecular weight excluding hydrogens is 328 g/mol. The van der Waals surface area contributed by atoms with Crippen LogP contribution in [0, 0.1) is 0 Å². The van der Waals surface area contributed by atoms with Crippen molar-refractivity contribution in [2.75, 3.05) is 0 Å². The predicted octanol–water partition coefficient (Wildman–Crippen LogP) is 3.37. The minimum Gasteiger partial charge on any atom is -0.353 e. The van der Waals surface area contributed by atoms with Crippen molar-refractivity contribution >= 4 is 29.0 Å². The summed E-state index contributed by atoms with van der Waals surface area (Å²) in [7, 11) is 0. The summed E-state index contributed by atoms with van der Waals surface area (Å²) in [5, 5.41) is 13.9. The summed E-state index contributed by atoms with van der Waals surface area (Å²) in [5.41, 5.74) is 0. The van der Waals surface area contributed by atoms with Crippen molar-refractivity contribution in [3.05, 3.63) is 28.7 Å². The second kappa shape index (κ2) is 9.08. The number of carbonyl (C=O) groups is 1. The number of thiophene rings is 1. The molecule has 23 heavy (non-hydrogen) atoms. The van der Waals surface area contributed by atoms with Crippen molar-refractivity contribution in [3.63, 3.8) is 0 Å². The van der Waals surface area contributed by atoms with Gasteiger partial charge in [0.25, 0.3) is 0 Å². The lowest BCUT2D eigenvalue weighted by Gasteiger charge is -2.16. The van der Waals surface area contributed by atoms with E-state index in [4.69, 9.17) is 0 Å². The van der Waals surface area contributed by atoms with E-state index in [1.165, 1.54) is 16.6 Å². The van der Waals surface area contributed by atoms with E-state index in [0.29, 0.717) is 0 Å². The molecule has 0 spiro atoms. The maximum absolute atomic E-state index is 12.2. The first-order valence-corrected chi connectivity index (χ1v) is 9.73. The van der Waals surface area contributed by atoms with Crippen LogP contribution < -0.4 is 5.32 Å². The van der Waals surface area contributed by atoms with Crippen LogP contribution in [-0.2, 0) is 17.8 Å². The molecule has 0 radical (unpaired) electrons. The lowest BCUT2D eigenvalue weighted by molar-refractivity contribution is -0.120. The van der Waals surface area contributed by atoms with Gasteiger partial charge >= 0.3 is 0 Å². The minimum absolute atomic E-state index is 0.0590. The Morgan fingerprint density at radius 3 is 3.00 bits per heavy atom. The molecule has 0 aliphatic heterocycles. The van der Waals surface area contributed by atoms with Gasteiger partial charge < -0.3 is 9.88 Å². The number of nitrogens with one attached hydrogen (secondary N) is 1. The molecule has 0 aromatic carbocycles. The Hall–Kier alpha value is -1.34. The van der Waals surface area contributed by atoms with Crippen LogP contribution in [-0.4, -0.2) is 32.0 Å². The highest BCUT2D eigenvalue weighted by atomic mass is 32.2. The zero-order valence-electron chi connectivity index (χ0n) is 13.9. The topological polar surface area (TPSA) is 59.8 Å². The first-order chi connectivity index (χ1) is 11.1. The lowest BCUT2D eigenvalue weighted by atomic mass is 10.2. The molecule has 0 aliphatic rings. The highest BCUT2D eigenvalue weighted by Crippen LogP contribution is 2.22. The number of rotatable bonds is 9. The van der Waals surface area contributed by atoms with E-state index in [0.717, 1.165) is 31.0 Å². The van der Waals surface area contributed by atoms with E-state index in [2.05, 4.69) is 40.0 Å². The quantitative estimate of drug-likeness (QED) is 0.703. The van der Waals surface area contributed by atoms with E-state index in [1.54, 1.807) is 17.7 Å². The summed E-state index contributed by atoms with van der Waals surface area (Å²) >= 11 is 3.22. The van der Waals surface area contributed by atoms with Crippen molar-refractivity contribution in [1.29, 1.82) is 0 Å². The molecule has 126 valence electrons. The number of hydrogen-bond acceptors (Lipinski definition) is 5. The van der Waals surface area contributed by atoms with Crippen LogP contribution in [0.2, 0.25) is 0 Å². The number of nitrogens with zero attached hydrogens (tertiary/aromatic N) is 3. The van der Waals surface area contributed by atoms with Crippen LogP contribution >= 0.6 is 23.1 Å². The number of amides is 1. The third kappa shape index (κ3) is 5.66. The summed E-state index contributed by atoms with van der Waals surface area (Å²) in [5.74, 6) is 0.0590. The molecule has 0 saturated carbocycles. The van der Waals surface area contributed by atoms with E-state index in [-0.39, 0.29) is 17.2 Å². The van der Waals surface area contributed by atoms with Gasteiger partial charge in [0.05, 0.1) is 5.25 Å². The summed E-state index contributed by atoms with van der Waals surface area (Å²) in [6.45, 7) is 6.91. The molecule has 1 amide bonds. The fourth-order valence-corrected chi connectivity index (χ4v) is 3.81. The van der Waals surface area contributed by atoms with E-state index < -0.39 is 0 Å². The van der Waals surface area contributed by atoms with Gasteiger partial charge in [0.1, 0.15) is 6.33 Å². The number of aryl methyl sites for hydroxylation is 2. The highest BCUT2D eigenvalue weighted by Gasteiger charge is 2.19. The maximum atomic E-state index is 12.2. The monoisotopic (exact) mass is 352 g/mol. The normalized spacial score (nSPS) is 13.7. The van der Waals surface area contributed by atoms with Crippen molar-refractivity contribution in [2.45, 2.75) is 63.0 Å². The molecule has 2 heterocycles. The fourth-order valence-electron chi connectivity index (χ4n) is 2.25. The Balaban J connectivity index is 1.87. The summed E-state index contributed by atoms with van der Waals surface area (Å²) in [6, 6.07) is 4.41. The van der Waals surface area contributed by atoms with Crippen molar-refractivity contribution in [2.24, 2.45) is 0 Å². The Morgan fingerprint density at radius 1 is 1.48 bits per heavy atom. The summed E-state index contributed by atoms with van der Waals surface area (Å²) in [6.07, 6.45) is 4.76. The zero-order valence-corrected chi connectivity index (χ0v) is 15.5. The van der Waals surface area contributed by atoms with Crippen LogP contribution in [0.5, 0.6) is 0 Å². The second-order valence-electron chi connectivity index (χ2n) is 5.59. The Morgan fingerprint density at radius 2 is 2.30 bits per heavy atom. The van der Waals surface area contributed by atoms with Gasteiger partial charge in [-0.15, -0.1) is 21.5 Å². The van der Waals surface area contributed by atoms with Crippen LogP contribution in [0.25, 0.3) is 0 Å². The molecule has 0 aliphatic carbocycles. The summed E-state index contributed by atoms with van der Waals surface area (Å²) in [4.78, 5) is 13.6. The van der Waals surface area contributed by atoms with Crippen molar-refractivity contribution in [3.8, 4) is 0 Å². The fraction of sp³-hybridized carbons (Fsp3) is 0.562. The van der Waals surface area contributed by atoms with E-state index in [9.17, 15) is 4.79 Å². The van der Waals surface area contributed by atoms with E-state index in [1.807, 2.05) is 18.4 Å². The minimum atomic E-state index is -0.181. The van der Waals surface area contributed by atoms with E-state index >= 15 is 0 Å². The van der Waals surface area contributed by atoms with Gasteiger partial charge in [-0.3, -0.25) is 4.79 Å². The second-order valence-corrected chi connectivity index (χ2v) is 7.93. The molecule has 0 bridgehead atoms. The van der Waals surface area contributed by atoms with Gasteiger partial charge in [0.2, 0.25) is 5.91 Å². The smallest absolute Gasteiger partial charge is 0.233 e. The zero-order chi connectivity index (χ0) is 16.7. The maximum Gasteiger partial charge on any atom is 0.233 e. The standard InChI is InChI=1S/C16H24N4OS2/c1-4-6-12(2)18-15(21)13(3)23-16-19-17-11-20(16)9-8-14-7-5-10-22-14/h5,7,10-13H,4,6,8-9H2,1-3H3,(H,18,21). The van der Waals surface area contributed by atoms with Gasteiger partial charge in [0.15, 0.2) is 5.16 Å². The van der Waals surface area contributed by atoms with Crippen molar-refractivity contribution < 1.29 is 4.79 Å². The van der Waals surface area contributed by atoms with Gasteiger partial charge in [-0.05, 0) is 38.1 Å². The van der Waals surface area contributed by atoms with Crippen molar-refractivity contribution in [1.82, 2.24) is 20.1 Å². The molecule has 2 aromatic rings. The van der Waals surface area contributed by atoms with Gasteiger partial charge in [-0.25, -0.2) is 0 Å². The van der Waals surface area contributed by atoms with Gasteiger partial charge in [-0.1, -0.05) is 31.2 Å². The first-order valence-electron chi connectivity index (χ1n) is 7.97. The molecule has 2 aromatic heterocycles. The number of hydrogen-bond donors (Lipinski definition) is 1. The third-order valence-corrected chi connectivity index (χ3v) is 5.55. The average molecular weight is 353 g/mol. The molecule has 2 unspecified atom stereocenters. The van der Waals surface area contributed by atoms with Gasteiger partial charge in [-0.2, -0.15) is 0 Å². The predicted molar refractivity (Wildman–Crippen MR) is 95.9 cm³/mol. The lowest BCUT2D eigenvalue weighted by Crippen LogP contribution is -2.37. The third-order valence-electron chi connectivity index (χ3n) is 3.52. The molecule has 5 nitrogen and oxygen atoms in total. The Labute approximate surface area is 145 Å². The number of carbonyl (C=O) groups excluding carboxylic acids is 1. The molecular formula is C16H24N4OS2. The highest BCUT2D eigenvalue weighted by molar-refractivity contribution is 8.00. The number of thioether (sulfide) groups is 1. The molecule has 2 atom stereocenters. The molecule has 2 rings (SSSR count). The average Bonchev–Trinajstić information content (AvgIpc) is 3.16. The molecule has 0 saturated heterocycles. The molecule has 1 N–H and O–H groups in total. The van der Waals surface area contributed by atoms with Gasteiger partial charge in [0, 0.05) is 17.5 Å². The van der Waals surface area contributed by atoms with Crippen LogP contribution in [0.4, 0.5) is 0 Å². The Bertz CT molecular complexity index is 597. The largest absolute Gasteiger partial charge is 0.353 e.